The summed E-state index contributed by atoms with van der Waals surface area (Å²) in [7, 11) is 0. The van der Waals surface area contributed by atoms with E-state index in [1.165, 1.54) is 6.20 Å². The summed E-state index contributed by atoms with van der Waals surface area (Å²) in [5, 5.41) is 0. The molecule has 0 aliphatic heterocycles. The Balaban J connectivity index is 0.00000196. The molecule has 0 atom stereocenters. The van der Waals surface area contributed by atoms with Gasteiger partial charge in [-0.3, -0.25) is 4.98 Å². The summed E-state index contributed by atoms with van der Waals surface area (Å²) >= 11 is 0. The van der Waals surface area contributed by atoms with E-state index < -0.39 is 6.98 Å². The van der Waals surface area contributed by atoms with Crippen molar-refractivity contribution in [1.29, 1.82) is 0 Å². The molecule has 0 aliphatic carbocycles. The second-order valence-electron chi connectivity index (χ2n) is 2.91. The number of rotatable bonds is 3. The molecule has 1 aromatic rings. The van der Waals surface area contributed by atoms with E-state index in [1.807, 2.05) is 6.92 Å². The van der Waals surface area contributed by atoms with E-state index in [2.05, 4.69) is 4.98 Å². The number of aromatic nitrogens is 1. The van der Waals surface area contributed by atoms with Gasteiger partial charge in [0.25, 0.3) is 0 Å². The molecule has 0 unspecified atom stereocenters. The topological polar surface area (TPSA) is 12.9 Å². The quantitative estimate of drug-likeness (QED) is 0.679. The average Bonchev–Trinajstić information content (AvgIpc) is 2.14. The van der Waals surface area contributed by atoms with Crippen molar-refractivity contribution in [2.45, 2.75) is 13.3 Å². The number of hydrogen-bond donors (Lipinski definition) is 0. The van der Waals surface area contributed by atoms with Gasteiger partial charge in [-0.1, -0.05) is 13.0 Å². The fraction of sp³-hybridized carbons (Fsp3) is 0.222. The molecule has 0 radical (unpaired) electrons. The van der Waals surface area contributed by atoms with Crippen LogP contribution in [0.5, 0.6) is 0 Å². The van der Waals surface area contributed by atoms with Crippen LogP contribution in [0.15, 0.2) is 24.4 Å². The Bertz CT molecular complexity index is 338. The Kier molecular flexibility index (Phi) is 7.03. The normalized spacial score (nSPS) is 11.5. The maximum Gasteiger partial charge on any atom is 1.00 e. The van der Waals surface area contributed by atoms with Crippen molar-refractivity contribution in [3.05, 3.63) is 35.6 Å². The molecule has 0 bridgehead atoms. The maximum atomic E-state index is 11.9. The van der Waals surface area contributed by atoms with E-state index in [0.717, 1.165) is 11.6 Å². The van der Waals surface area contributed by atoms with Gasteiger partial charge >= 0.3 is 58.4 Å². The summed E-state index contributed by atoms with van der Waals surface area (Å²) in [5.74, 6) is 0.300. The zero-order valence-corrected chi connectivity index (χ0v) is 11.9. The van der Waals surface area contributed by atoms with Crippen LogP contribution in [0.3, 0.4) is 0 Å². The van der Waals surface area contributed by atoms with Gasteiger partial charge in [-0.15, -0.1) is 5.98 Å². The van der Waals surface area contributed by atoms with Gasteiger partial charge in [0.1, 0.15) is 0 Å². The number of hydrogen-bond acceptors (Lipinski definition) is 1. The van der Waals surface area contributed by atoms with Gasteiger partial charge in [-0.2, -0.15) is 0 Å². The minimum atomic E-state index is -4.85. The van der Waals surface area contributed by atoms with Gasteiger partial charge in [0, 0.05) is 12.4 Å². The molecule has 1 aromatic heterocycles. The molecule has 1 rings (SSSR count). The first-order valence-corrected chi connectivity index (χ1v) is 4.35. The molecule has 1 nitrogen and oxygen atoms in total. The van der Waals surface area contributed by atoms with Crippen LogP contribution in [0.2, 0.25) is 0 Å². The fourth-order valence-electron chi connectivity index (χ4n) is 1.11. The first-order valence-electron chi connectivity index (χ1n) is 4.35. The summed E-state index contributed by atoms with van der Waals surface area (Å²) in [6.07, 6.45) is 4.85. The van der Waals surface area contributed by atoms with Gasteiger partial charge in [-0.25, -0.2) is 0 Å². The zero-order valence-electron chi connectivity index (χ0n) is 8.75. The molecule has 0 spiro atoms. The Hall–Kier alpha value is 0.381. The van der Waals surface area contributed by atoms with E-state index in [-0.39, 0.29) is 51.4 Å². The van der Waals surface area contributed by atoms with Crippen LogP contribution in [0.25, 0.3) is 6.08 Å². The van der Waals surface area contributed by atoms with Gasteiger partial charge < -0.3 is 12.9 Å². The number of pyridine rings is 1. The molecule has 0 saturated carbocycles. The maximum absolute atomic E-state index is 11.9. The Morgan fingerprint density at radius 3 is 2.60 bits per heavy atom. The molecule has 0 aliphatic rings. The van der Waals surface area contributed by atoms with Gasteiger partial charge in [0.15, 0.2) is 0 Å². The van der Waals surface area contributed by atoms with Crippen molar-refractivity contribution in [3.63, 3.8) is 0 Å². The standard InChI is InChI=1S/C9H10BF3N.K/c1-2-8-7-14-6-4-9(8)3-5-10(11,12)13;/h3-7H,2H2,1H3;/q-1;+1/b5-3+;. The fourth-order valence-corrected chi connectivity index (χ4v) is 1.11. The van der Waals surface area contributed by atoms with Crippen LogP contribution in [-0.4, -0.2) is 12.0 Å². The van der Waals surface area contributed by atoms with E-state index in [4.69, 9.17) is 0 Å². The molecular formula is C9H10BF3KN. The van der Waals surface area contributed by atoms with Crippen LogP contribution < -0.4 is 51.4 Å². The summed E-state index contributed by atoms with van der Waals surface area (Å²) in [6, 6.07) is 1.58. The second kappa shape index (κ2) is 6.86. The zero-order chi connectivity index (χ0) is 10.6. The predicted octanol–water partition coefficient (Wildman–Crippen LogP) is 0.0478. The molecular weight excluding hydrogens is 229 g/mol. The largest absolute Gasteiger partial charge is 1.00 e. The van der Waals surface area contributed by atoms with Crippen LogP contribution >= 0.6 is 0 Å². The van der Waals surface area contributed by atoms with Crippen molar-refractivity contribution in [3.8, 4) is 0 Å². The van der Waals surface area contributed by atoms with Crippen molar-refractivity contribution in [2.24, 2.45) is 0 Å². The SMILES string of the molecule is CCc1cnccc1/C=C/[B-](F)(F)F.[K+]. The van der Waals surface area contributed by atoms with Gasteiger partial charge in [0.2, 0.25) is 0 Å². The molecule has 1 heterocycles. The minimum absolute atomic E-state index is 0. The summed E-state index contributed by atoms with van der Waals surface area (Å²) in [5.41, 5.74) is 1.41. The molecule has 0 N–H and O–H groups in total. The summed E-state index contributed by atoms with van der Waals surface area (Å²) in [4.78, 5) is 3.85. The Morgan fingerprint density at radius 1 is 1.40 bits per heavy atom. The summed E-state index contributed by atoms with van der Waals surface area (Å²) < 4.78 is 35.8. The Labute approximate surface area is 130 Å². The molecule has 15 heavy (non-hydrogen) atoms. The third-order valence-corrected chi connectivity index (χ3v) is 1.82. The molecule has 0 fully saturated rings. The van der Waals surface area contributed by atoms with Crippen LogP contribution in [0, 0.1) is 0 Å². The monoisotopic (exact) mass is 239 g/mol. The van der Waals surface area contributed by atoms with Crippen molar-refractivity contribution < 1.29 is 64.3 Å². The molecule has 76 valence electrons. The minimum Gasteiger partial charge on any atom is -0.445 e. The van der Waals surface area contributed by atoms with Gasteiger partial charge in [0.05, 0.1) is 0 Å². The predicted molar refractivity (Wildman–Crippen MR) is 51.7 cm³/mol. The van der Waals surface area contributed by atoms with Crippen LogP contribution in [0.1, 0.15) is 18.1 Å². The summed E-state index contributed by atoms with van der Waals surface area (Å²) in [6.45, 7) is -2.97. The number of nitrogens with zero attached hydrogens (tertiary/aromatic N) is 1. The third kappa shape index (κ3) is 5.87. The van der Waals surface area contributed by atoms with Gasteiger partial charge in [-0.05, 0) is 23.6 Å². The smallest absolute Gasteiger partial charge is 0.445 e. The van der Waals surface area contributed by atoms with Crippen molar-refractivity contribution in [2.75, 3.05) is 0 Å². The number of aryl methyl sites for hydroxylation is 1. The second-order valence-corrected chi connectivity index (χ2v) is 2.91. The van der Waals surface area contributed by atoms with Crippen molar-refractivity contribution >= 4 is 13.1 Å². The van der Waals surface area contributed by atoms with E-state index in [0.29, 0.717) is 18.0 Å². The average molecular weight is 239 g/mol. The first kappa shape index (κ1) is 15.4. The third-order valence-electron chi connectivity index (χ3n) is 1.82. The number of halogens is 3. The molecule has 0 saturated heterocycles. The van der Waals surface area contributed by atoms with E-state index >= 15 is 0 Å². The van der Waals surface area contributed by atoms with Crippen molar-refractivity contribution in [1.82, 2.24) is 4.98 Å². The molecule has 0 amide bonds. The van der Waals surface area contributed by atoms with E-state index in [9.17, 15) is 12.9 Å². The van der Waals surface area contributed by atoms with E-state index in [1.54, 1.807) is 12.3 Å². The molecule has 0 aromatic carbocycles. The first-order chi connectivity index (χ1) is 6.53. The Morgan fingerprint density at radius 2 is 2.07 bits per heavy atom. The molecule has 6 heteroatoms. The van der Waals surface area contributed by atoms with Crippen LogP contribution in [0.4, 0.5) is 12.9 Å². The van der Waals surface area contributed by atoms with Crippen LogP contribution in [-0.2, 0) is 6.42 Å².